The van der Waals surface area contributed by atoms with Gasteiger partial charge in [0, 0.05) is 20.4 Å². The van der Waals surface area contributed by atoms with E-state index in [0.29, 0.717) is 17.9 Å². The van der Waals surface area contributed by atoms with Crippen LogP contribution in [0.1, 0.15) is 24.8 Å². The number of carbonyl (C=O) groups excluding carboxylic acids is 2. The minimum atomic E-state index is -0.468. The number of hydrogen-bond acceptors (Lipinski definition) is 4. The third kappa shape index (κ3) is 2.98. The van der Waals surface area contributed by atoms with Crippen molar-refractivity contribution in [3.05, 3.63) is 32.1 Å². The Hall–Kier alpha value is -1.34. The van der Waals surface area contributed by atoms with Gasteiger partial charge in [0.15, 0.2) is 0 Å². The number of nitrogens with one attached hydrogen (secondary N) is 2. The Morgan fingerprint density at radius 1 is 1.58 bits per heavy atom. The van der Waals surface area contributed by atoms with E-state index in [4.69, 9.17) is 4.74 Å². The van der Waals surface area contributed by atoms with E-state index in [9.17, 15) is 9.59 Å². The molecule has 0 aromatic carbocycles. The number of allylic oxidation sites excluding steroid dienone is 1. The lowest BCUT2D eigenvalue weighted by atomic mass is 10.0. The van der Waals surface area contributed by atoms with Gasteiger partial charge in [-0.1, -0.05) is 0 Å². The van der Waals surface area contributed by atoms with Crippen molar-refractivity contribution in [1.82, 2.24) is 10.6 Å². The molecule has 2 heterocycles. The highest BCUT2D eigenvalue weighted by Crippen LogP contribution is 2.33. The molecule has 2 N–H and O–H groups in total. The van der Waals surface area contributed by atoms with Crippen molar-refractivity contribution in [3.8, 4) is 0 Å². The zero-order valence-corrected chi connectivity index (χ0v) is 12.9. The lowest BCUT2D eigenvalue weighted by molar-refractivity contribution is -0.139. The summed E-state index contributed by atoms with van der Waals surface area (Å²) in [5.74, 6) is -0.415. The van der Waals surface area contributed by atoms with E-state index in [0.717, 1.165) is 9.35 Å². The fraction of sp³-hybridized carbons (Fsp3) is 0.333. The van der Waals surface area contributed by atoms with Gasteiger partial charge in [0.25, 0.3) is 0 Å². The molecule has 0 saturated carbocycles. The second-order valence-corrected chi connectivity index (χ2v) is 5.82. The zero-order chi connectivity index (χ0) is 14.0. The maximum atomic E-state index is 12.0. The average Bonchev–Trinajstić information content (AvgIpc) is 2.75. The predicted octanol–water partition coefficient (Wildman–Crippen LogP) is 2.70. The van der Waals surface area contributed by atoms with Crippen molar-refractivity contribution in [2.24, 2.45) is 0 Å². The maximum absolute atomic E-state index is 12.0. The summed E-state index contributed by atoms with van der Waals surface area (Å²) in [6.07, 6.45) is 0. The molecule has 2 amide bonds. The van der Waals surface area contributed by atoms with E-state index >= 15 is 0 Å². The number of carbonyl (C=O) groups is 2. The average molecular weight is 345 g/mol. The van der Waals surface area contributed by atoms with Crippen molar-refractivity contribution in [2.45, 2.75) is 19.9 Å². The first-order valence-electron chi connectivity index (χ1n) is 5.72. The molecular formula is C12H13BrN2O3S. The molecule has 1 aliphatic heterocycles. The fourth-order valence-corrected chi connectivity index (χ4v) is 3.37. The molecule has 1 atom stereocenters. The molecule has 5 nitrogen and oxygen atoms in total. The molecule has 102 valence electrons. The number of hydrogen-bond donors (Lipinski definition) is 2. The second kappa shape index (κ2) is 5.75. The number of rotatable bonds is 3. The molecule has 7 heteroatoms. The third-order valence-electron chi connectivity index (χ3n) is 2.64. The van der Waals surface area contributed by atoms with Crippen LogP contribution in [0.5, 0.6) is 0 Å². The molecule has 0 spiro atoms. The quantitative estimate of drug-likeness (QED) is 0.828. The first-order chi connectivity index (χ1) is 9.02. The molecule has 2 rings (SSSR count). The van der Waals surface area contributed by atoms with Gasteiger partial charge >= 0.3 is 12.0 Å². The van der Waals surface area contributed by atoms with Gasteiger partial charge < -0.3 is 15.4 Å². The van der Waals surface area contributed by atoms with Gasteiger partial charge in [-0.3, -0.25) is 0 Å². The molecular weight excluding hydrogens is 332 g/mol. The minimum absolute atomic E-state index is 0.296. The van der Waals surface area contributed by atoms with E-state index < -0.39 is 12.0 Å². The third-order valence-corrected chi connectivity index (χ3v) is 4.40. The molecule has 0 fully saturated rings. The number of ether oxygens (including phenoxy) is 1. The Bertz CT molecular complexity index is 553. The summed E-state index contributed by atoms with van der Waals surface area (Å²) in [6, 6.07) is 1.09. The van der Waals surface area contributed by atoms with Crippen molar-refractivity contribution in [2.75, 3.05) is 6.61 Å². The van der Waals surface area contributed by atoms with Crippen LogP contribution < -0.4 is 10.6 Å². The van der Waals surface area contributed by atoms with Gasteiger partial charge in [-0.05, 0) is 35.8 Å². The number of halogens is 1. The number of thiophene rings is 1. The summed E-state index contributed by atoms with van der Waals surface area (Å²) in [5, 5.41) is 7.25. The van der Waals surface area contributed by atoms with Gasteiger partial charge in [-0.15, -0.1) is 11.3 Å². The summed E-state index contributed by atoms with van der Waals surface area (Å²) in [6.45, 7) is 3.74. The highest BCUT2D eigenvalue weighted by molar-refractivity contribution is 9.10. The van der Waals surface area contributed by atoms with E-state index in [1.54, 1.807) is 13.8 Å². The summed E-state index contributed by atoms with van der Waals surface area (Å²) in [4.78, 5) is 24.5. The van der Waals surface area contributed by atoms with Crippen molar-refractivity contribution in [3.63, 3.8) is 0 Å². The Morgan fingerprint density at radius 3 is 2.89 bits per heavy atom. The summed E-state index contributed by atoms with van der Waals surface area (Å²) < 4.78 is 5.97. The van der Waals surface area contributed by atoms with E-state index in [-0.39, 0.29) is 6.03 Å². The van der Waals surface area contributed by atoms with Crippen LogP contribution in [-0.4, -0.2) is 18.6 Å². The first kappa shape index (κ1) is 14.1. The zero-order valence-electron chi connectivity index (χ0n) is 10.5. The van der Waals surface area contributed by atoms with E-state index in [1.807, 2.05) is 11.4 Å². The van der Waals surface area contributed by atoms with Gasteiger partial charge in [0.05, 0.1) is 18.2 Å². The molecule has 0 unspecified atom stereocenters. The molecule has 0 aliphatic carbocycles. The van der Waals surface area contributed by atoms with Crippen molar-refractivity contribution >= 4 is 39.3 Å². The Morgan fingerprint density at radius 2 is 2.32 bits per heavy atom. The van der Waals surface area contributed by atoms with Crippen LogP contribution >= 0.6 is 27.3 Å². The second-order valence-electron chi connectivity index (χ2n) is 3.96. The van der Waals surface area contributed by atoms with Gasteiger partial charge in [0.1, 0.15) is 0 Å². The van der Waals surface area contributed by atoms with Gasteiger partial charge in [0.2, 0.25) is 0 Å². The van der Waals surface area contributed by atoms with E-state index in [1.165, 1.54) is 11.3 Å². The van der Waals surface area contributed by atoms with Crippen molar-refractivity contribution < 1.29 is 14.3 Å². The monoisotopic (exact) mass is 344 g/mol. The highest BCUT2D eigenvalue weighted by Gasteiger charge is 2.32. The lowest BCUT2D eigenvalue weighted by Gasteiger charge is -2.26. The summed E-state index contributed by atoms with van der Waals surface area (Å²) in [5.41, 5.74) is 0.965. The molecule has 0 saturated heterocycles. The number of esters is 1. The lowest BCUT2D eigenvalue weighted by Crippen LogP contribution is -2.45. The fourth-order valence-electron chi connectivity index (χ4n) is 1.87. The minimum Gasteiger partial charge on any atom is -0.463 e. The normalized spacial score (nSPS) is 18.9. The number of urea groups is 1. The molecule has 0 bridgehead atoms. The Labute approximate surface area is 123 Å². The first-order valence-corrected chi connectivity index (χ1v) is 7.39. The number of amides is 2. The van der Waals surface area contributed by atoms with Crippen LogP contribution in [0, 0.1) is 0 Å². The Balaban J connectivity index is 2.40. The summed E-state index contributed by atoms with van der Waals surface area (Å²) >= 11 is 4.83. The molecule has 19 heavy (non-hydrogen) atoms. The molecule has 0 radical (unpaired) electrons. The van der Waals surface area contributed by atoms with Crippen LogP contribution in [0.2, 0.25) is 0 Å². The van der Waals surface area contributed by atoms with Crippen LogP contribution in [0.15, 0.2) is 27.2 Å². The van der Waals surface area contributed by atoms with Gasteiger partial charge in [-0.25, -0.2) is 9.59 Å². The maximum Gasteiger partial charge on any atom is 0.338 e. The molecule has 1 aromatic heterocycles. The standard InChI is InChI=1S/C12H13BrN2O3S/c1-3-18-11(16)9-6(2)14-12(17)15-10(9)8-4-7(13)5-19-8/h4-5,10H,3H2,1-2H3,(H2,14,15,17)/t10-/m0/s1. The van der Waals surface area contributed by atoms with E-state index in [2.05, 4.69) is 26.6 Å². The predicted molar refractivity (Wildman–Crippen MR) is 75.8 cm³/mol. The molecule has 1 aliphatic rings. The smallest absolute Gasteiger partial charge is 0.338 e. The topological polar surface area (TPSA) is 67.4 Å². The van der Waals surface area contributed by atoms with Gasteiger partial charge in [-0.2, -0.15) is 0 Å². The van der Waals surface area contributed by atoms with Crippen LogP contribution in [0.3, 0.4) is 0 Å². The largest absolute Gasteiger partial charge is 0.463 e. The van der Waals surface area contributed by atoms with Crippen molar-refractivity contribution in [1.29, 1.82) is 0 Å². The Kier molecular flexibility index (Phi) is 4.26. The van der Waals surface area contributed by atoms with Crippen LogP contribution in [0.4, 0.5) is 4.79 Å². The van der Waals surface area contributed by atoms with Crippen LogP contribution in [-0.2, 0) is 9.53 Å². The molecule has 1 aromatic rings. The van der Waals surface area contributed by atoms with Crippen LogP contribution in [0.25, 0.3) is 0 Å². The summed E-state index contributed by atoms with van der Waals surface area (Å²) in [7, 11) is 0. The highest BCUT2D eigenvalue weighted by atomic mass is 79.9. The SMILES string of the molecule is CCOC(=O)C1=C(C)NC(=O)N[C@H]1c1cc(Br)cs1.